The lowest BCUT2D eigenvalue weighted by Crippen LogP contribution is -2.04. The predicted octanol–water partition coefficient (Wildman–Crippen LogP) is 1.85. The standard InChI is InChI=1S/C8H12BrNO3S/c1-7(4-8(9)5-10-2)6-13-14(3,11)12/h4-5H,2,6H2,1,3H3. The van der Waals surface area contributed by atoms with E-state index >= 15 is 0 Å². The van der Waals surface area contributed by atoms with E-state index in [-0.39, 0.29) is 6.61 Å². The van der Waals surface area contributed by atoms with Gasteiger partial charge in [-0.3, -0.25) is 9.18 Å². The quantitative estimate of drug-likeness (QED) is 0.439. The molecule has 0 unspecified atom stereocenters. The summed E-state index contributed by atoms with van der Waals surface area (Å²) in [4.78, 5) is 3.53. The van der Waals surface area contributed by atoms with Crippen LogP contribution in [-0.4, -0.2) is 28.0 Å². The van der Waals surface area contributed by atoms with Crippen molar-refractivity contribution in [3.05, 3.63) is 22.3 Å². The van der Waals surface area contributed by atoms with Crippen molar-refractivity contribution >= 4 is 32.8 Å². The van der Waals surface area contributed by atoms with E-state index in [4.69, 9.17) is 0 Å². The Labute approximate surface area is 92.6 Å². The molecule has 0 aromatic rings. The van der Waals surface area contributed by atoms with Crippen LogP contribution in [0.3, 0.4) is 0 Å². The van der Waals surface area contributed by atoms with Gasteiger partial charge < -0.3 is 0 Å². The van der Waals surface area contributed by atoms with Gasteiger partial charge in [-0.05, 0) is 41.2 Å². The van der Waals surface area contributed by atoms with Crippen LogP contribution in [-0.2, 0) is 14.3 Å². The molecule has 0 N–H and O–H groups in total. The molecule has 0 aliphatic heterocycles. The molecule has 0 saturated heterocycles. The zero-order valence-electron chi connectivity index (χ0n) is 8.03. The van der Waals surface area contributed by atoms with E-state index in [0.29, 0.717) is 4.48 Å². The lowest BCUT2D eigenvalue weighted by atomic mass is 10.3. The summed E-state index contributed by atoms with van der Waals surface area (Å²) in [5.74, 6) is 0. The average molecular weight is 282 g/mol. The van der Waals surface area contributed by atoms with Gasteiger partial charge >= 0.3 is 0 Å². The molecule has 0 spiro atoms. The Morgan fingerprint density at radius 3 is 2.64 bits per heavy atom. The van der Waals surface area contributed by atoms with Gasteiger partial charge in [-0.15, -0.1) is 0 Å². The molecule has 14 heavy (non-hydrogen) atoms. The Kier molecular flexibility index (Phi) is 5.90. The fourth-order valence-corrected chi connectivity index (χ4v) is 1.54. The number of aliphatic imine (C=N–C) groups is 1. The Morgan fingerprint density at radius 2 is 2.21 bits per heavy atom. The second kappa shape index (κ2) is 6.10. The molecule has 80 valence electrons. The maximum atomic E-state index is 10.6. The van der Waals surface area contributed by atoms with Crippen LogP contribution >= 0.6 is 15.9 Å². The topological polar surface area (TPSA) is 55.7 Å². The zero-order valence-corrected chi connectivity index (χ0v) is 10.4. The Morgan fingerprint density at radius 1 is 1.64 bits per heavy atom. The van der Waals surface area contributed by atoms with E-state index in [9.17, 15) is 8.42 Å². The first kappa shape index (κ1) is 13.5. The third-order valence-electron chi connectivity index (χ3n) is 1.10. The maximum Gasteiger partial charge on any atom is 0.264 e. The highest BCUT2D eigenvalue weighted by Gasteiger charge is 2.01. The molecule has 0 rings (SSSR count). The molecule has 0 saturated carbocycles. The van der Waals surface area contributed by atoms with E-state index in [0.717, 1.165) is 11.8 Å². The highest BCUT2D eigenvalue weighted by molar-refractivity contribution is 9.11. The van der Waals surface area contributed by atoms with E-state index in [1.165, 1.54) is 6.20 Å². The van der Waals surface area contributed by atoms with Crippen molar-refractivity contribution in [2.45, 2.75) is 6.92 Å². The number of hydrogen-bond donors (Lipinski definition) is 0. The van der Waals surface area contributed by atoms with Gasteiger partial charge in [0.05, 0.1) is 12.9 Å². The number of rotatable bonds is 5. The molecule has 0 aliphatic rings. The van der Waals surface area contributed by atoms with Crippen molar-refractivity contribution < 1.29 is 12.6 Å². The van der Waals surface area contributed by atoms with Gasteiger partial charge in [0.25, 0.3) is 10.1 Å². The smallest absolute Gasteiger partial charge is 0.264 e. The normalized spacial score (nSPS) is 14.2. The van der Waals surface area contributed by atoms with Crippen LogP contribution in [0.4, 0.5) is 0 Å². The van der Waals surface area contributed by atoms with E-state index in [2.05, 4.69) is 31.8 Å². The highest BCUT2D eigenvalue weighted by Crippen LogP contribution is 2.10. The summed E-state index contributed by atoms with van der Waals surface area (Å²) in [6.45, 7) is 5.07. The van der Waals surface area contributed by atoms with Crippen molar-refractivity contribution in [3.63, 3.8) is 0 Å². The van der Waals surface area contributed by atoms with Crippen molar-refractivity contribution in [3.8, 4) is 0 Å². The first-order chi connectivity index (χ1) is 6.35. The van der Waals surface area contributed by atoms with E-state index < -0.39 is 10.1 Å². The van der Waals surface area contributed by atoms with Gasteiger partial charge in [-0.1, -0.05) is 0 Å². The average Bonchev–Trinajstić information content (AvgIpc) is 2.00. The summed E-state index contributed by atoms with van der Waals surface area (Å²) < 4.78 is 26.6. The summed E-state index contributed by atoms with van der Waals surface area (Å²) in [5, 5.41) is 0. The lowest BCUT2D eigenvalue weighted by Gasteiger charge is -2.00. The van der Waals surface area contributed by atoms with Gasteiger partial charge in [0.2, 0.25) is 0 Å². The second-order valence-electron chi connectivity index (χ2n) is 2.65. The van der Waals surface area contributed by atoms with E-state index in [1.54, 1.807) is 13.0 Å². The van der Waals surface area contributed by atoms with Crippen molar-refractivity contribution in [2.75, 3.05) is 12.9 Å². The molecule has 0 heterocycles. The van der Waals surface area contributed by atoms with Crippen LogP contribution in [0, 0.1) is 0 Å². The molecule has 4 nitrogen and oxygen atoms in total. The fourth-order valence-electron chi connectivity index (χ4n) is 0.602. The number of nitrogens with zero attached hydrogens (tertiary/aromatic N) is 1. The summed E-state index contributed by atoms with van der Waals surface area (Å²) in [7, 11) is -3.38. The minimum atomic E-state index is -3.38. The van der Waals surface area contributed by atoms with Crippen LogP contribution in [0.25, 0.3) is 0 Å². The molecule has 0 bridgehead atoms. The van der Waals surface area contributed by atoms with E-state index in [1.807, 2.05) is 0 Å². The number of allylic oxidation sites excluding steroid dienone is 2. The SMILES string of the molecule is C=NC=C(Br)C=C(C)COS(C)(=O)=O. The molecule has 0 amide bonds. The van der Waals surface area contributed by atoms with Gasteiger partial charge in [-0.2, -0.15) is 8.42 Å². The van der Waals surface area contributed by atoms with Gasteiger partial charge in [-0.25, -0.2) is 0 Å². The molecule has 0 fully saturated rings. The molecule has 0 aromatic carbocycles. The summed E-state index contributed by atoms with van der Waals surface area (Å²) in [6.07, 6.45) is 4.22. The van der Waals surface area contributed by atoms with Crippen LogP contribution in [0.5, 0.6) is 0 Å². The highest BCUT2D eigenvalue weighted by atomic mass is 79.9. The molecule has 0 aliphatic carbocycles. The molecule has 6 heteroatoms. The minimum absolute atomic E-state index is 0.0406. The second-order valence-corrected chi connectivity index (χ2v) is 5.21. The first-order valence-electron chi connectivity index (χ1n) is 3.68. The van der Waals surface area contributed by atoms with Crippen molar-refractivity contribution in [1.82, 2.24) is 0 Å². The molecular formula is C8H12BrNO3S. The Balaban J connectivity index is 4.28. The van der Waals surface area contributed by atoms with Gasteiger partial charge in [0.15, 0.2) is 0 Å². The number of hydrogen-bond acceptors (Lipinski definition) is 4. The third kappa shape index (κ3) is 8.15. The van der Waals surface area contributed by atoms with Crippen LogP contribution < -0.4 is 0 Å². The Bertz CT molecular complexity index is 357. The summed E-state index contributed by atoms with van der Waals surface area (Å²) in [6, 6.07) is 0. The van der Waals surface area contributed by atoms with Crippen LogP contribution in [0.2, 0.25) is 0 Å². The first-order valence-corrected chi connectivity index (χ1v) is 6.29. The van der Waals surface area contributed by atoms with Gasteiger partial charge in [0, 0.05) is 10.7 Å². The Hall–Kier alpha value is -0.460. The van der Waals surface area contributed by atoms with Crippen LogP contribution in [0.15, 0.2) is 27.3 Å². The fraction of sp³-hybridized carbons (Fsp3) is 0.375. The minimum Gasteiger partial charge on any atom is -0.271 e. The molecule has 0 aromatic heterocycles. The monoisotopic (exact) mass is 281 g/mol. The third-order valence-corrected chi connectivity index (χ3v) is 2.08. The largest absolute Gasteiger partial charge is 0.271 e. The summed E-state index contributed by atoms with van der Waals surface area (Å²) in [5.41, 5.74) is 0.766. The lowest BCUT2D eigenvalue weighted by molar-refractivity contribution is 0.352. The molecule has 0 atom stereocenters. The van der Waals surface area contributed by atoms with Crippen molar-refractivity contribution in [1.29, 1.82) is 0 Å². The predicted molar refractivity (Wildman–Crippen MR) is 61.1 cm³/mol. The van der Waals surface area contributed by atoms with Gasteiger partial charge in [0.1, 0.15) is 0 Å². The van der Waals surface area contributed by atoms with Crippen LogP contribution in [0.1, 0.15) is 6.92 Å². The number of halogens is 1. The maximum absolute atomic E-state index is 10.6. The molecular weight excluding hydrogens is 270 g/mol. The molecule has 0 radical (unpaired) electrons. The van der Waals surface area contributed by atoms with Crippen molar-refractivity contribution in [2.24, 2.45) is 4.99 Å². The summed E-state index contributed by atoms with van der Waals surface area (Å²) >= 11 is 3.21. The zero-order chi connectivity index (χ0) is 11.2.